The van der Waals surface area contributed by atoms with Gasteiger partial charge in [-0.15, -0.1) is 0 Å². The van der Waals surface area contributed by atoms with Gasteiger partial charge in [-0.2, -0.15) is 5.10 Å². The minimum absolute atomic E-state index is 0.133. The van der Waals surface area contributed by atoms with E-state index in [2.05, 4.69) is 10.4 Å². The van der Waals surface area contributed by atoms with E-state index in [1.165, 1.54) is 6.07 Å². The van der Waals surface area contributed by atoms with Crippen molar-refractivity contribution >= 4 is 34.8 Å². The van der Waals surface area contributed by atoms with E-state index in [9.17, 15) is 9.18 Å². The van der Waals surface area contributed by atoms with E-state index >= 15 is 0 Å². The van der Waals surface area contributed by atoms with Crippen molar-refractivity contribution < 1.29 is 18.3 Å². The van der Waals surface area contributed by atoms with Gasteiger partial charge in [-0.05, 0) is 62.4 Å². The predicted molar refractivity (Wildman–Crippen MR) is 125 cm³/mol. The molecule has 9 heteroatoms. The highest BCUT2D eigenvalue weighted by Gasteiger charge is 2.19. The van der Waals surface area contributed by atoms with Gasteiger partial charge in [0, 0.05) is 15.6 Å². The fourth-order valence-electron chi connectivity index (χ4n) is 3.30. The number of ether oxygens (including phenoxy) is 1. The lowest BCUT2D eigenvalue weighted by molar-refractivity contribution is 0.0992. The molecule has 2 heterocycles. The lowest BCUT2D eigenvalue weighted by Crippen LogP contribution is -2.13. The average molecular weight is 488 g/mol. The molecule has 4 rings (SSSR count). The van der Waals surface area contributed by atoms with E-state index < -0.39 is 11.7 Å². The van der Waals surface area contributed by atoms with Gasteiger partial charge < -0.3 is 14.5 Å². The van der Waals surface area contributed by atoms with Gasteiger partial charge in [-0.1, -0.05) is 29.3 Å². The molecule has 170 valence electrons. The number of halogens is 3. The Bertz CT molecular complexity index is 1280. The molecule has 4 aromatic rings. The molecule has 0 fully saturated rings. The van der Waals surface area contributed by atoms with Crippen LogP contribution in [0.15, 0.2) is 59.0 Å². The summed E-state index contributed by atoms with van der Waals surface area (Å²) in [7, 11) is 0. The minimum Gasteiger partial charge on any atom is -0.486 e. The number of carbonyl (C=O) groups excluding carboxylic acids is 1. The Morgan fingerprint density at radius 3 is 2.61 bits per heavy atom. The van der Waals surface area contributed by atoms with Crippen LogP contribution in [0.3, 0.4) is 0 Å². The highest BCUT2D eigenvalue weighted by Crippen LogP contribution is 2.25. The molecule has 0 spiro atoms. The van der Waals surface area contributed by atoms with Crippen LogP contribution < -0.4 is 10.1 Å². The van der Waals surface area contributed by atoms with Crippen LogP contribution in [0.25, 0.3) is 0 Å². The summed E-state index contributed by atoms with van der Waals surface area (Å²) in [6.07, 6.45) is 0. The maximum atomic E-state index is 14.2. The first-order valence-electron chi connectivity index (χ1n) is 10.1. The fourth-order valence-corrected chi connectivity index (χ4v) is 3.65. The largest absolute Gasteiger partial charge is 0.486 e. The molecular weight excluding hydrogens is 468 g/mol. The molecule has 1 amide bonds. The normalized spacial score (nSPS) is 10.9. The molecule has 0 aliphatic rings. The number of aromatic nitrogens is 2. The molecule has 2 aromatic carbocycles. The van der Waals surface area contributed by atoms with Crippen molar-refractivity contribution in [1.29, 1.82) is 0 Å². The molecule has 0 atom stereocenters. The standard InChI is InChI=1S/C24H20Cl2FN3O3/c1-14-23(15(2)30(29-14)12-19-20(26)4-3-5-21(19)27)28-24(31)22-11-10-18(33-22)13-32-17-8-6-16(25)7-9-17/h3-11H,12-13H2,1-2H3,(H,28,31). The van der Waals surface area contributed by atoms with Gasteiger partial charge in [0.15, 0.2) is 5.76 Å². The Hall–Kier alpha value is -3.29. The van der Waals surface area contributed by atoms with E-state index in [0.717, 1.165) is 0 Å². The predicted octanol–water partition coefficient (Wildman–Crippen LogP) is 6.42. The third-order valence-electron chi connectivity index (χ3n) is 5.07. The molecule has 1 N–H and O–H groups in total. The van der Waals surface area contributed by atoms with E-state index in [-0.39, 0.29) is 18.9 Å². The van der Waals surface area contributed by atoms with Gasteiger partial charge >= 0.3 is 0 Å². The number of anilines is 1. The van der Waals surface area contributed by atoms with Gasteiger partial charge in [-0.25, -0.2) is 4.39 Å². The number of aryl methyl sites for hydroxylation is 1. The smallest absolute Gasteiger partial charge is 0.291 e. The summed E-state index contributed by atoms with van der Waals surface area (Å²) in [5, 5.41) is 8.18. The lowest BCUT2D eigenvalue weighted by atomic mass is 10.2. The van der Waals surface area contributed by atoms with Crippen LogP contribution in [-0.4, -0.2) is 15.7 Å². The summed E-state index contributed by atoms with van der Waals surface area (Å²) in [5.41, 5.74) is 2.12. The monoisotopic (exact) mass is 487 g/mol. The number of furan rings is 1. The Morgan fingerprint density at radius 2 is 1.88 bits per heavy atom. The first-order valence-corrected chi connectivity index (χ1v) is 10.8. The molecule has 2 aromatic heterocycles. The molecule has 0 saturated heterocycles. The topological polar surface area (TPSA) is 69.3 Å². The van der Waals surface area contributed by atoms with Crippen LogP contribution in [0, 0.1) is 19.7 Å². The molecule has 33 heavy (non-hydrogen) atoms. The SMILES string of the molecule is Cc1nn(Cc2c(F)cccc2Cl)c(C)c1NC(=O)c1ccc(COc2ccc(Cl)cc2)o1. The zero-order chi connectivity index (χ0) is 23.5. The number of nitrogens with zero attached hydrogens (tertiary/aromatic N) is 2. The summed E-state index contributed by atoms with van der Waals surface area (Å²) in [4.78, 5) is 12.7. The van der Waals surface area contributed by atoms with Crippen LogP contribution in [0.5, 0.6) is 5.75 Å². The van der Waals surface area contributed by atoms with Crippen molar-refractivity contribution in [3.63, 3.8) is 0 Å². The zero-order valence-corrected chi connectivity index (χ0v) is 19.4. The molecule has 0 aliphatic carbocycles. The van der Waals surface area contributed by atoms with Crippen molar-refractivity contribution in [1.82, 2.24) is 9.78 Å². The summed E-state index contributed by atoms with van der Waals surface area (Å²) < 4.78 is 27.0. The van der Waals surface area contributed by atoms with Crippen LogP contribution in [0.2, 0.25) is 10.0 Å². The number of nitrogens with one attached hydrogen (secondary N) is 1. The van der Waals surface area contributed by atoms with Crippen LogP contribution in [0.4, 0.5) is 10.1 Å². The van der Waals surface area contributed by atoms with Crippen LogP contribution >= 0.6 is 23.2 Å². The van der Waals surface area contributed by atoms with Gasteiger partial charge in [0.2, 0.25) is 0 Å². The molecule has 0 radical (unpaired) electrons. The third-order valence-corrected chi connectivity index (χ3v) is 5.68. The molecule has 6 nitrogen and oxygen atoms in total. The summed E-state index contributed by atoms with van der Waals surface area (Å²) in [5.74, 6) is 0.421. The van der Waals surface area contributed by atoms with E-state index in [0.29, 0.717) is 44.2 Å². The van der Waals surface area contributed by atoms with Gasteiger partial charge in [0.1, 0.15) is 23.9 Å². The quantitative estimate of drug-likeness (QED) is 0.326. The van der Waals surface area contributed by atoms with Crippen molar-refractivity contribution in [2.24, 2.45) is 0 Å². The third kappa shape index (κ3) is 5.21. The summed E-state index contributed by atoms with van der Waals surface area (Å²) in [6.45, 7) is 3.85. The highest BCUT2D eigenvalue weighted by molar-refractivity contribution is 6.31. The second-order valence-electron chi connectivity index (χ2n) is 7.37. The average Bonchev–Trinajstić information content (AvgIpc) is 3.36. The van der Waals surface area contributed by atoms with Crippen molar-refractivity contribution in [2.45, 2.75) is 27.0 Å². The zero-order valence-electron chi connectivity index (χ0n) is 17.9. The molecule has 0 unspecified atom stereocenters. The number of amides is 1. The summed E-state index contributed by atoms with van der Waals surface area (Å²) >= 11 is 12.0. The Kier molecular flexibility index (Phi) is 6.72. The number of benzene rings is 2. The Balaban J connectivity index is 1.44. The maximum Gasteiger partial charge on any atom is 0.291 e. The number of rotatable bonds is 7. The second kappa shape index (κ2) is 9.68. The van der Waals surface area contributed by atoms with Crippen LogP contribution in [0.1, 0.15) is 33.3 Å². The molecule has 0 aliphatic heterocycles. The summed E-state index contributed by atoms with van der Waals surface area (Å²) in [6, 6.07) is 14.7. The van der Waals surface area contributed by atoms with Crippen molar-refractivity contribution in [2.75, 3.05) is 5.32 Å². The molecule has 0 saturated carbocycles. The van der Waals surface area contributed by atoms with Crippen molar-refractivity contribution in [3.05, 3.63) is 98.9 Å². The fraction of sp³-hybridized carbons (Fsp3) is 0.167. The van der Waals surface area contributed by atoms with Gasteiger partial charge in [0.25, 0.3) is 5.91 Å². The highest BCUT2D eigenvalue weighted by atomic mass is 35.5. The lowest BCUT2D eigenvalue weighted by Gasteiger charge is -2.09. The van der Waals surface area contributed by atoms with E-state index in [1.54, 1.807) is 67.1 Å². The van der Waals surface area contributed by atoms with Gasteiger partial charge in [0.05, 0.1) is 23.6 Å². The van der Waals surface area contributed by atoms with Crippen molar-refractivity contribution in [3.8, 4) is 5.75 Å². The van der Waals surface area contributed by atoms with E-state index in [4.69, 9.17) is 32.4 Å². The number of hydrogen-bond donors (Lipinski definition) is 1. The first kappa shape index (κ1) is 22.9. The minimum atomic E-state index is -0.428. The number of hydrogen-bond acceptors (Lipinski definition) is 4. The van der Waals surface area contributed by atoms with Gasteiger partial charge in [-0.3, -0.25) is 9.48 Å². The van der Waals surface area contributed by atoms with E-state index in [1.807, 2.05) is 0 Å². The number of carbonyl (C=O) groups is 1. The van der Waals surface area contributed by atoms with Crippen LogP contribution in [-0.2, 0) is 13.2 Å². The first-order chi connectivity index (χ1) is 15.8. The Labute approximate surface area is 199 Å². The Morgan fingerprint density at radius 1 is 1.12 bits per heavy atom. The molecular formula is C24H20Cl2FN3O3. The maximum absolute atomic E-state index is 14.2. The second-order valence-corrected chi connectivity index (χ2v) is 8.21. The molecule has 0 bridgehead atoms.